The van der Waals surface area contributed by atoms with Crippen LogP contribution in [-0.4, -0.2) is 23.9 Å². The number of rotatable bonds is 2. The molecule has 17 heavy (non-hydrogen) atoms. The third-order valence-electron chi connectivity index (χ3n) is 4.45. The van der Waals surface area contributed by atoms with E-state index in [4.69, 9.17) is 0 Å². The molecule has 0 atom stereocenters. The smallest absolute Gasteiger partial charge is 0.160 e. The normalized spacial score (nSPS) is 22.1. The van der Waals surface area contributed by atoms with Crippen molar-refractivity contribution in [3.05, 3.63) is 35.4 Å². The van der Waals surface area contributed by atoms with E-state index in [1.165, 1.54) is 38.5 Å². The summed E-state index contributed by atoms with van der Waals surface area (Å²) >= 11 is 0. The summed E-state index contributed by atoms with van der Waals surface area (Å²) in [4.78, 5) is 0. The molecule has 1 nitrogen and oxygen atoms in total. The molecule has 0 aromatic heterocycles. The molecular weight excluding hydrogens is 206 g/mol. The van der Waals surface area contributed by atoms with E-state index in [0.29, 0.717) is 6.04 Å². The molecule has 2 aliphatic carbocycles. The topological polar surface area (TPSA) is 3.01 Å². The highest BCUT2D eigenvalue weighted by molar-refractivity contribution is 5.55. The summed E-state index contributed by atoms with van der Waals surface area (Å²) in [6, 6.07) is 9.62. The van der Waals surface area contributed by atoms with Crippen LogP contribution in [-0.2, 0) is 12.8 Å². The van der Waals surface area contributed by atoms with Gasteiger partial charge in [-0.05, 0) is 24.0 Å². The Labute approximate surface area is 104 Å². The number of likely N-dealkylation sites (N-methyl/N-ethyl adjacent to an activating group) is 1. The first kappa shape index (κ1) is 11.0. The van der Waals surface area contributed by atoms with Gasteiger partial charge in [0.15, 0.2) is 6.04 Å². The Bertz CT molecular complexity index is 402. The van der Waals surface area contributed by atoms with Crippen LogP contribution in [0.2, 0.25) is 0 Å². The van der Waals surface area contributed by atoms with Gasteiger partial charge in [0.2, 0.25) is 0 Å². The van der Waals surface area contributed by atoms with E-state index in [0.717, 1.165) is 5.92 Å². The standard InChI is InChI=1S/C16H22N/c1-17(12-13-6-2-3-7-13)16-10-14-8-4-5-9-15(14)11-16/h4-5,8-9,12-13,16H,2-3,6-7,10-11H2,1H3/q+1. The van der Waals surface area contributed by atoms with E-state index in [1.54, 1.807) is 11.1 Å². The van der Waals surface area contributed by atoms with Gasteiger partial charge >= 0.3 is 0 Å². The summed E-state index contributed by atoms with van der Waals surface area (Å²) in [6.07, 6.45) is 10.6. The van der Waals surface area contributed by atoms with Crippen LogP contribution in [0.3, 0.4) is 0 Å². The molecule has 90 valence electrons. The lowest BCUT2D eigenvalue weighted by atomic mass is 10.1. The first-order chi connectivity index (χ1) is 8.33. The van der Waals surface area contributed by atoms with Crippen LogP contribution in [0.4, 0.5) is 0 Å². The maximum Gasteiger partial charge on any atom is 0.160 e. The van der Waals surface area contributed by atoms with Crippen molar-refractivity contribution in [3.63, 3.8) is 0 Å². The number of nitrogens with zero attached hydrogens (tertiary/aromatic N) is 1. The minimum Gasteiger partial charge on any atom is -0.239 e. The second kappa shape index (κ2) is 4.64. The molecule has 2 aliphatic rings. The number of hydrogen-bond donors (Lipinski definition) is 0. The Morgan fingerprint density at radius 2 is 1.65 bits per heavy atom. The van der Waals surface area contributed by atoms with Crippen molar-refractivity contribution in [1.82, 2.24) is 0 Å². The molecule has 0 saturated heterocycles. The summed E-state index contributed by atoms with van der Waals surface area (Å²) in [7, 11) is 2.27. The van der Waals surface area contributed by atoms with Gasteiger partial charge in [-0.2, -0.15) is 0 Å². The summed E-state index contributed by atoms with van der Waals surface area (Å²) in [5, 5.41) is 0. The van der Waals surface area contributed by atoms with Crippen molar-refractivity contribution in [3.8, 4) is 0 Å². The van der Waals surface area contributed by atoms with Gasteiger partial charge < -0.3 is 0 Å². The van der Waals surface area contributed by atoms with Gasteiger partial charge in [0.1, 0.15) is 13.3 Å². The van der Waals surface area contributed by atoms with Crippen LogP contribution >= 0.6 is 0 Å². The highest BCUT2D eigenvalue weighted by Crippen LogP contribution is 2.25. The number of fused-ring (bicyclic) bond motifs is 1. The van der Waals surface area contributed by atoms with Gasteiger partial charge in [0.05, 0.1) is 0 Å². The van der Waals surface area contributed by atoms with Crippen LogP contribution in [0.5, 0.6) is 0 Å². The molecule has 1 aromatic carbocycles. The van der Waals surface area contributed by atoms with Crippen LogP contribution in [0.25, 0.3) is 0 Å². The predicted molar refractivity (Wildman–Crippen MR) is 71.8 cm³/mol. The minimum absolute atomic E-state index is 0.702. The molecule has 0 bridgehead atoms. The maximum absolute atomic E-state index is 2.50. The fourth-order valence-corrected chi connectivity index (χ4v) is 3.38. The van der Waals surface area contributed by atoms with Crippen LogP contribution in [0.1, 0.15) is 36.8 Å². The van der Waals surface area contributed by atoms with Gasteiger partial charge in [-0.25, -0.2) is 4.58 Å². The van der Waals surface area contributed by atoms with Gasteiger partial charge in [-0.3, -0.25) is 0 Å². The molecule has 3 rings (SSSR count). The highest BCUT2D eigenvalue weighted by atomic mass is 15.0. The molecule has 0 radical (unpaired) electrons. The lowest BCUT2D eigenvalue weighted by Gasteiger charge is -2.07. The second-order valence-electron chi connectivity index (χ2n) is 5.69. The number of hydrogen-bond acceptors (Lipinski definition) is 0. The van der Waals surface area contributed by atoms with Crippen molar-refractivity contribution >= 4 is 6.21 Å². The lowest BCUT2D eigenvalue weighted by Crippen LogP contribution is -2.26. The Kier molecular flexibility index (Phi) is 3.00. The second-order valence-corrected chi connectivity index (χ2v) is 5.69. The Balaban J connectivity index is 1.71. The molecule has 1 aromatic rings. The molecule has 0 N–H and O–H groups in total. The van der Waals surface area contributed by atoms with Gasteiger partial charge in [0.25, 0.3) is 0 Å². The quantitative estimate of drug-likeness (QED) is 0.540. The highest BCUT2D eigenvalue weighted by Gasteiger charge is 2.28. The predicted octanol–water partition coefficient (Wildman–Crippen LogP) is 3.06. The van der Waals surface area contributed by atoms with E-state index in [1.807, 2.05) is 0 Å². The van der Waals surface area contributed by atoms with Crippen LogP contribution in [0.15, 0.2) is 24.3 Å². The largest absolute Gasteiger partial charge is 0.239 e. The zero-order valence-corrected chi connectivity index (χ0v) is 10.7. The van der Waals surface area contributed by atoms with E-state index < -0.39 is 0 Å². The molecule has 1 heteroatoms. The van der Waals surface area contributed by atoms with Gasteiger partial charge in [-0.1, -0.05) is 37.1 Å². The molecule has 0 unspecified atom stereocenters. The van der Waals surface area contributed by atoms with Gasteiger partial charge in [0, 0.05) is 18.8 Å². The summed E-state index contributed by atoms with van der Waals surface area (Å²) in [5.74, 6) is 0.851. The van der Waals surface area contributed by atoms with Crippen LogP contribution in [0, 0.1) is 5.92 Å². The average Bonchev–Trinajstić information content (AvgIpc) is 2.96. The van der Waals surface area contributed by atoms with Crippen molar-refractivity contribution < 1.29 is 4.58 Å². The zero-order chi connectivity index (χ0) is 11.7. The number of benzene rings is 1. The third-order valence-corrected chi connectivity index (χ3v) is 4.45. The van der Waals surface area contributed by atoms with E-state index in [2.05, 4.69) is 42.1 Å². The molecule has 0 spiro atoms. The van der Waals surface area contributed by atoms with E-state index >= 15 is 0 Å². The fourth-order valence-electron chi connectivity index (χ4n) is 3.38. The van der Waals surface area contributed by atoms with Gasteiger partial charge in [-0.15, -0.1) is 0 Å². The third kappa shape index (κ3) is 2.29. The summed E-state index contributed by atoms with van der Waals surface area (Å²) in [5.41, 5.74) is 3.12. The molecule has 1 saturated carbocycles. The average molecular weight is 228 g/mol. The minimum atomic E-state index is 0.702. The molecule has 0 heterocycles. The molecular formula is C16H22N+. The summed E-state index contributed by atoms with van der Waals surface area (Å²) in [6.45, 7) is 0. The van der Waals surface area contributed by atoms with E-state index in [-0.39, 0.29) is 0 Å². The van der Waals surface area contributed by atoms with E-state index in [9.17, 15) is 0 Å². The van der Waals surface area contributed by atoms with Crippen molar-refractivity contribution in [2.45, 2.75) is 44.6 Å². The fraction of sp³-hybridized carbons (Fsp3) is 0.562. The Hall–Kier alpha value is -1.11. The summed E-state index contributed by atoms with van der Waals surface area (Å²) < 4.78 is 2.50. The SMILES string of the molecule is C[N+](=CC1CCCC1)C1Cc2ccccc2C1. The first-order valence-corrected chi connectivity index (χ1v) is 6.96. The monoisotopic (exact) mass is 228 g/mol. The molecule has 0 aliphatic heterocycles. The van der Waals surface area contributed by atoms with Crippen molar-refractivity contribution in [2.24, 2.45) is 5.92 Å². The first-order valence-electron chi connectivity index (χ1n) is 6.96. The maximum atomic E-state index is 2.50. The Morgan fingerprint density at radius 1 is 1.06 bits per heavy atom. The molecule has 0 amide bonds. The van der Waals surface area contributed by atoms with Crippen molar-refractivity contribution in [2.75, 3.05) is 7.05 Å². The molecule has 1 fully saturated rings. The Morgan fingerprint density at radius 3 is 2.24 bits per heavy atom. The van der Waals surface area contributed by atoms with Crippen molar-refractivity contribution in [1.29, 1.82) is 0 Å². The zero-order valence-electron chi connectivity index (χ0n) is 10.7. The van der Waals surface area contributed by atoms with Crippen LogP contribution < -0.4 is 0 Å². The lowest BCUT2D eigenvalue weighted by molar-refractivity contribution is -0.533.